The average molecular weight is 367 g/mol. The molecular weight excluding hydrogens is 338 g/mol. The van der Waals surface area contributed by atoms with Crippen molar-refractivity contribution in [1.82, 2.24) is 15.3 Å². The van der Waals surface area contributed by atoms with Crippen LogP contribution in [0.2, 0.25) is 0 Å². The Morgan fingerprint density at radius 2 is 2.04 bits per heavy atom. The van der Waals surface area contributed by atoms with E-state index in [0.717, 1.165) is 49.6 Å². The normalized spacial score (nSPS) is 16.4. The van der Waals surface area contributed by atoms with Gasteiger partial charge in [-0.15, -0.1) is 0 Å². The maximum atomic E-state index is 11.3. The Bertz CT molecular complexity index is 820. The first kappa shape index (κ1) is 19.1. The summed E-state index contributed by atoms with van der Waals surface area (Å²) in [6, 6.07) is 8.54. The first-order valence-electron chi connectivity index (χ1n) is 9.69. The second kappa shape index (κ2) is 8.37. The fourth-order valence-electron chi connectivity index (χ4n) is 3.41. The number of amides is 1. The highest BCUT2D eigenvalue weighted by Crippen LogP contribution is 2.23. The second-order valence-electron chi connectivity index (χ2n) is 7.35. The van der Waals surface area contributed by atoms with Crippen molar-refractivity contribution in [3.8, 4) is 0 Å². The van der Waals surface area contributed by atoms with Crippen LogP contribution in [0.4, 0.5) is 17.5 Å². The van der Waals surface area contributed by atoms with E-state index in [9.17, 15) is 4.79 Å². The Labute approximate surface area is 161 Å². The standard InChI is InChI=1S/C21H29N5O/c1-5-6-17-12-20(26-10-9-19(13-26)22-16(4)27)25-21(23-17)24-18-8-7-14(2)15(3)11-18/h7-8,11-12,19H,5-6,9-10,13H2,1-4H3,(H,22,27)(H,23,24,25). The van der Waals surface area contributed by atoms with Gasteiger partial charge in [-0.1, -0.05) is 19.4 Å². The minimum atomic E-state index is 0.0216. The predicted octanol–water partition coefficient (Wildman–Crippen LogP) is 3.50. The molecule has 1 aliphatic rings. The number of hydrogen-bond donors (Lipinski definition) is 2. The Hall–Kier alpha value is -2.63. The molecule has 1 unspecified atom stereocenters. The number of nitrogens with one attached hydrogen (secondary N) is 2. The molecule has 1 aromatic heterocycles. The number of anilines is 3. The molecule has 2 N–H and O–H groups in total. The summed E-state index contributed by atoms with van der Waals surface area (Å²) in [5, 5.41) is 6.37. The zero-order valence-electron chi connectivity index (χ0n) is 16.7. The van der Waals surface area contributed by atoms with E-state index in [1.165, 1.54) is 11.1 Å². The molecular formula is C21H29N5O. The molecule has 1 saturated heterocycles. The van der Waals surface area contributed by atoms with Crippen LogP contribution in [0.15, 0.2) is 24.3 Å². The van der Waals surface area contributed by atoms with Gasteiger partial charge in [0.25, 0.3) is 0 Å². The van der Waals surface area contributed by atoms with Gasteiger partial charge >= 0.3 is 0 Å². The van der Waals surface area contributed by atoms with Gasteiger partial charge in [-0.2, -0.15) is 4.98 Å². The number of benzene rings is 1. The molecule has 144 valence electrons. The van der Waals surface area contributed by atoms with Crippen LogP contribution < -0.4 is 15.5 Å². The molecule has 0 spiro atoms. The summed E-state index contributed by atoms with van der Waals surface area (Å²) in [6.45, 7) is 9.60. The topological polar surface area (TPSA) is 70.2 Å². The van der Waals surface area contributed by atoms with Gasteiger partial charge in [0.15, 0.2) is 0 Å². The van der Waals surface area contributed by atoms with Crippen LogP contribution in [0.5, 0.6) is 0 Å². The van der Waals surface area contributed by atoms with Crippen molar-refractivity contribution in [3.63, 3.8) is 0 Å². The van der Waals surface area contributed by atoms with Gasteiger partial charge in [0.1, 0.15) is 5.82 Å². The number of rotatable bonds is 6. The third-order valence-corrected chi connectivity index (χ3v) is 4.95. The highest BCUT2D eigenvalue weighted by atomic mass is 16.1. The molecule has 0 bridgehead atoms. The van der Waals surface area contributed by atoms with Gasteiger partial charge in [0, 0.05) is 43.5 Å². The molecule has 1 aromatic carbocycles. The molecule has 6 heteroatoms. The van der Waals surface area contributed by atoms with Crippen molar-refractivity contribution in [2.45, 2.75) is 53.0 Å². The van der Waals surface area contributed by atoms with Crippen LogP contribution in [-0.2, 0) is 11.2 Å². The minimum Gasteiger partial charge on any atom is -0.354 e. The second-order valence-corrected chi connectivity index (χ2v) is 7.35. The molecule has 0 aliphatic carbocycles. The van der Waals surface area contributed by atoms with E-state index in [-0.39, 0.29) is 11.9 Å². The van der Waals surface area contributed by atoms with E-state index in [1.54, 1.807) is 6.92 Å². The van der Waals surface area contributed by atoms with Crippen LogP contribution in [0.1, 0.15) is 43.5 Å². The molecule has 1 fully saturated rings. The summed E-state index contributed by atoms with van der Waals surface area (Å²) in [4.78, 5) is 23.0. The monoisotopic (exact) mass is 367 g/mol. The summed E-state index contributed by atoms with van der Waals surface area (Å²) in [6.07, 6.45) is 2.89. The van der Waals surface area contributed by atoms with E-state index < -0.39 is 0 Å². The van der Waals surface area contributed by atoms with Crippen molar-refractivity contribution >= 4 is 23.4 Å². The van der Waals surface area contributed by atoms with E-state index in [2.05, 4.69) is 60.6 Å². The van der Waals surface area contributed by atoms with Crippen LogP contribution >= 0.6 is 0 Å². The molecule has 1 amide bonds. The Kier molecular flexibility index (Phi) is 5.94. The highest BCUT2D eigenvalue weighted by molar-refractivity contribution is 5.73. The van der Waals surface area contributed by atoms with Gasteiger partial charge < -0.3 is 15.5 Å². The van der Waals surface area contributed by atoms with Crippen molar-refractivity contribution in [2.75, 3.05) is 23.3 Å². The minimum absolute atomic E-state index is 0.0216. The number of nitrogens with zero attached hydrogens (tertiary/aromatic N) is 3. The Morgan fingerprint density at radius 1 is 1.22 bits per heavy atom. The van der Waals surface area contributed by atoms with Gasteiger partial charge in [-0.25, -0.2) is 4.98 Å². The van der Waals surface area contributed by atoms with E-state index in [1.807, 2.05) is 0 Å². The SMILES string of the molecule is CCCc1cc(N2CCC(NC(C)=O)C2)nc(Nc2ccc(C)c(C)c2)n1. The first-order chi connectivity index (χ1) is 12.9. The lowest BCUT2D eigenvalue weighted by atomic mass is 10.1. The van der Waals surface area contributed by atoms with Gasteiger partial charge in [0.2, 0.25) is 11.9 Å². The smallest absolute Gasteiger partial charge is 0.229 e. The molecule has 0 saturated carbocycles. The maximum absolute atomic E-state index is 11.3. The lowest BCUT2D eigenvalue weighted by molar-refractivity contribution is -0.119. The Morgan fingerprint density at radius 3 is 2.74 bits per heavy atom. The first-order valence-corrected chi connectivity index (χ1v) is 9.69. The van der Waals surface area contributed by atoms with Gasteiger partial charge in [-0.3, -0.25) is 4.79 Å². The molecule has 27 heavy (non-hydrogen) atoms. The summed E-state index contributed by atoms with van der Waals surface area (Å²) in [5.74, 6) is 1.57. The fraction of sp³-hybridized carbons (Fsp3) is 0.476. The number of carbonyl (C=O) groups is 1. The molecule has 2 heterocycles. The van der Waals surface area contributed by atoms with Crippen LogP contribution in [0.3, 0.4) is 0 Å². The summed E-state index contributed by atoms with van der Waals surface area (Å²) < 4.78 is 0. The lowest BCUT2D eigenvalue weighted by Gasteiger charge is -2.19. The fourth-order valence-corrected chi connectivity index (χ4v) is 3.41. The summed E-state index contributed by atoms with van der Waals surface area (Å²) in [7, 11) is 0. The van der Waals surface area contributed by atoms with E-state index in [4.69, 9.17) is 9.97 Å². The zero-order chi connectivity index (χ0) is 19.4. The van der Waals surface area contributed by atoms with Crippen LogP contribution in [0.25, 0.3) is 0 Å². The van der Waals surface area contributed by atoms with E-state index >= 15 is 0 Å². The molecule has 0 radical (unpaired) electrons. The van der Waals surface area contributed by atoms with Crippen LogP contribution in [0, 0.1) is 13.8 Å². The van der Waals surface area contributed by atoms with Crippen molar-refractivity contribution in [2.24, 2.45) is 0 Å². The van der Waals surface area contributed by atoms with Crippen molar-refractivity contribution in [3.05, 3.63) is 41.1 Å². The number of hydrogen-bond acceptors (Lipinski definition) is 5. The van der Waals surface area contributed by atoms with Gasteiger partial charge in [0.05, 0.1) is 0 Å². The average Bonchev–Trinajstić information content (AvgIpc) is 3.06. The largest absolute Gasteiger partial charge is 0.354 e. The Balaban J connectivity index is 1.82. The molecule has 1 atom stereocenters. The third kappa shape index (κ3) is 4.96. The van der Waals surface area contributed by atoms with Crippen LogP contribution in [-0.4, -0.2) is 35.0 Å². The van der Waals surface area contributed by atoms with Crippen molar-refractivity contribution in [1.29, 1.82) is 0 Å². The summed E-state index contributed by atoms with van der Waals surface area (Å²) >= 11 is 0. The molecule has 3 rings (SSSR count). The van der Waals surface area contributed by atoms with Gasteiger partial charge in [-0.05, 0) is 49.9 Å². The highest BCUT2D eigenvalue weighted by Gasteiger charge is 2.24. The summed E-state index contributed by atoms with van der Waals surface area (Å²) in [5.41, 5.74) is 4.54. The number of carbonyl (C=O) groups excluding carboxylic acids is 1. The van der Waals surface area contributed by atoms with E-state index in [0.29, 0.717) is 5.95 Å². The predicted molar refractivity (Wildman–Crippen MR) is 110 cm³/mol. The quantitative estimate of drug-likeness (QED) is 0.818. The number of aryl methyl sites for hydroxylation is 3. The molecule has 2 aromatic rings. The number of aromatic nitrogens is 2. The maximum Gasteiger partial charge on any atom is 0.229 e. The third-order valence-electron chi connectivity index (χ3n) is 4.95. The zero-order valence-corrected chi connectivity index (χ0v) is 16.7. The lowest BCUT2D eigenvalue weighted by Crippen LogP contribution is -2.35. The van der Waals surface area contributed by atoms with Crippen molar-refractivity contribution < 1.29 is 4.79 Å². The molecule has 1 aliphatic heterocycles. The molecule has 6 nitrogen and oxygen atoms in total.